The smallest absolute Gasteiger partial charge is 0.403 e. The zero-order valence-electron chi connectivity index (χ0n) is 8.76. The summed E-state index contributed by atoms with van der Waals surface area (Å²) in [6.45, 7) is -1.01. The van der Waals surface area contributed by atoms with Crippen LogP contribution in [0.1, 0.15) is 0 Å². The summed E-state index contributed by atoms with van der Waals surface area (Å²) in [4.78, 5) is 10.4. The standard InChI is InChI=1S/C10H8F5NO2/c11-5-1-6(12)3-7(2-5)16-4-8(9(17)18)10(13,14)15/h1-3,8,16H,4H2,(H,17,18). The first-order chi connectivity index (χ1) is 8.20. The second kappa shape index (κ2) is 5.19. The molecule has 18 heavy (non-hydrogen) atoms. The number of hydrogen-bond acceptors (Lipinski definition) is 2. The highest BCUT2D eigenvalue weighted by Gasteiger charge is 2.44. The first-order valence-electron chi connectivity index (χ1n) is 4.69. The first-order valence-corrected chi connectivity index (χ1v) is 4.69. The first kappa shape index (κ1) is 14.2. The fourth-order valence-electron chi connectivity index (χ4n) is 1.22. The average molecular weight is 269 g/mol. The summed E-state index contributed by atoms with van der Waals surface area (Å²) in [5, 5.41) is 10.4. The maximum atomic E-state index is 12.7. The SMILES string of the molecule is O=C(O)C(CNc1cc(F)cc(F)c1)C(F)(F)F. The molecule has 1 rings (SSSR count). The van der Waals surface area contributed by atoms with Crippen LogP contribution in [0.5, 0.6) is 0 Å². The van der Waals surface area contributed by atoms with Gasteiger partial charge in [0.05, 0.1) is 0 Å². The Balaban J connectivity index is 2.76. The van der Waals surface area contributed by atoms with E-state index in [1.54, 1.807) is 0 Å². The fraction of sp³-hybridized carbons (Fsp3) is 0.300. The Kier molecular flexibility index (Phi) is 4.10. The molecule has 2 N–H and O–H groups in total. The van der Waals surface area contributed by atoms with Crippen LogP contribution in [0.3, 0.4) is 0 Å². The van der Waals surface area contributed by atoms with Gasteiger partial charge in [-0.15, -0.1) is 0 Å². The van der Waals surface area contributed by atoms with E-state index in [1.165, 1.54) is 0 Å². The lowest BCUT2D eigenvalue weighted by molar-refractivity contribution is -0.190. The van der Waals surface area contributed by atoms with E-state index in [2.05, 4.69) is 0 Å². The highest BCUT2D eigenvalue weighted by Crippen LogP contribution is 2.27. The normalized spacial score (nSPS) is 13.2. The van der Waals surface area contributed by atoms with Crippen LogP contribution in [-0.4, -0.2) is 23.8 Å². The minimum absolute atomic E-state index is 0.261. The maximum Gasteiger partial charge on any atom is 0.403 e. The van der Waals surface area contributed by atoms with E-state index in [4.69, 9.17) is 5.11 Å². The van der Waals surface area contributed by atoms with Crippen LogP contribution >= 0.6 is 0 Å². The number of rotatable bonds is 4. The van der Waals surface area contributed by atoms with Gasteiger partial charge in [-0.3, -0.25) is 4.79 Å². The molecule has 0 saturated heterocycles. The van der Waals surface area contributed by atoms with Crippen molar-refractivity contribution in [3.63, 3.8) is 0 Å². The Labute approximate surface area is 98.2 Å². The molecule has 0 spiro atoms. The molecule has 1 aromatic rings. The minimum atomic E-state index is -4.94. The number of alkyl halides is 3. The van der Waals surface area contributed by atoms with Gasteiger partial charge in [-0.1, -0.05) is 0 Å². The van der Waals surface area contributed by atoms with Crippen molar-refractivity contribution < 1.29 is 31.9 Å². The summed E-state index contributed by atoms with van der Waals surface area (Å²) < 4.78 is 62.2. The monoisotopic (exact) mass is 269 g/mol. The summed E-state index contributed by atoms with van der Waals surface area (Å²) in [5.74, 6) is -6.66. The Hall–Kier alpha value is -1.86. The molecule has 3 nitrogen and oxygen atoms in total. The number of anilines is 1. The van der Waals surface area contributed by atoms with Crippen molar-refractivity contribution in [1.29, 1.82) is 0 Å². The molecule has 0 aromatic heterocycles. The molecule has 0 fully saturated rings. The molecule has 0 saturated carbocycles. The van der Waals surface area contributed by atoms with Gasteiger partial charge in [-0.2, -0.15) is 13.2 Å². The van der Waals surface area contributed by atoms with E-state index in [1.807, 2.05) is 5.32 Å². The molecule has 8 heteroatoms. The van der Waals surface area contributed by atoms with E-state index in [0.717, 1.165) is 12.1 Å². The van der Waals surface area contributed by atoms with E-state index in [0.29, 0.717) is 6.07 Å². The Bertz CT molecular complexity index is 426. The molecular weight excluding hydrogens is 261 g/mol. The zero-order valence-corrected chi connectivity index (χ0v) is 8.76. The van der Waals surface area contributed by atoms with Gasteiger partial charge in [0.15, 0.2) is 5.92 Å². The second-order valence-electron chi connectivity index (χ2n) is 3.47. The fourth-order valence-corrected chi connectivity index (χ4v) is 1.22. The molecule has 0 bridgehead atoms. The van der Waals surface area contributed by atoms with Crippen molar-refractivity contribution in [2.24, 2.45) is 5.92 Å². The molecule has 1 unspecified atom stereocenters. The molecule has 100 valence electrons. The number of carbonyl (C=O) groups is 1. The van der Waals surface area contributed by atoms with Crippen molar-refractivity contribution in [2.45, 2.75) is 6.18 Å². The third kappa shape index (κ3) is 3.86. The van der Waals surface area contributed by atoms with Crippen LogP contribution in [0, 0.1) is 17.6 Å². The summed E-state index contributed by atoms with van der Waals surface area (Å²) in [6.07, 6.45) is -4.94. The number of carboxylic acid groups (broad SMARTS) is 1. The Morgan fingerprint density at radius 2 is 1.72 bits per heavy atom. The minimum Gasteiger partial charge on any atom is -0.481 e. The largest absolute Gasteiger partial charge is 0.481 e. The number of benzene rings is 1. The third-order valence-electron chi connectivity index (χ3n) is 2.07. The zero-order chi connectivity index (χ0) is 13.9. The summed E-state index contributed by atoms with van der Waals surface area (Å²) in [5.41, 5.74) is -0.261. The van der Waals surface area contributed by atoms with Gasteiger partial charge in [-0.05, 0) is 12.1 Å². The van der Waals surface area contributed by atoms with Crippen molar-refractivity contribution in [3.8, 4) is 0 Å². The van der Waals surface area contributed by atoms with Crippen molar-refractivity contribution >= 4 is 11.7 Å². The van der Waals surface area contributed by atoms with Crippen LogP contribution in [-0.2, 0) is 4.79 Å². The average Bonchev–Trinajstić information content (AvgIpc) is 2.12. The number of halogens is 5. The van der Waals surface area contributed by atoms with Gasteiger partial charge >= 0.3 is 12.1 Å². The molecule has 1 aromatic carbocycles. The van der Waals surface area contributed by atoms with Gasteiger partial charge in [-0.25, -0.2) is 8.78 Å². The van der Waals surface area contributed by atoms with Crippen LogP contribution in [0.4, 0.5) is 27.6 Å². The number of carboxylic acids is 1. The van der Waals surface area contributed by atoms with Crippen LogP contribution in [0.2, 0.25) is 0 Å². The van der Waals surface area contributed by atoms with Crippen LogP contribution < -0.4 is 5.32 Å². The van der Waals surface area contributed by atoms with Crippen LogP contribution in [0.25, 0.3) is 0 Å². The molecular formula is C10H8F5NO2. The molecule has 0 aliphatic rings. The van der Waals surface area contributed by atoms with Gasteiger partial charge < -0.3 is 10.4 Å². The molecule has 0 aliphatic carbocycles. The summed E-state index contributed by atoms with van der Waals surface area (Å²) in [6, 6.07) is 2.07. The summed E-state index contributed by atoms with van der Waals surface area (Å²) in [7, 11) is 0. The predicted molar refractivity (Wildman–Crippen MR) is 52.0 cm³/mol. The van der Waals surface area contributed by atoms with Crippen molar-refractivity contribution in [2.75, 3.05) is 11.9 Å². The lowest BCUT2D eigenvalue weighted by Crippen LogP contribution is -2.36. The number of aliphatic carboxylic acids is 1. The van der Waals surface area contributed by atoms with Gasteiger partial charge in [0.1, 0.15) is 11.6 Å². The van der Waals surface area contributed by atoms with Gasteiger partial charge in [0.2, 0.25) is 0 Å². The molecule has 0 aliphatic heterocycles. The Morgan fingerprint density at radius 3 is 2.11 bits per heavy atom. The highest BCUT2D eigenvalue weighted by atomic mass is 19.4. The van der Waals surface area contributed by atoms with Crippen LogP contribution in [0.15, 0.2) is 18.2 Å². The quantitative estimate of drug-likeness (QED) is 0.826. The molecule has 0 radical (unpaired) electrons. The van der Waals surface area contributed by atoms with Gasteiger partial charge in [0, 0.05) is 18.3 Å². The topological polar surface area (TPSA) is 49.3 Å². The lowest BCUT2D eigenvalue weighted by Gasteiger charge is -2.17. The molecule has 1 atom stereocenters. The van der Waals surface area contributed by atoms with E-state index >= 15 is 0 Å². The van der Waals surface area contributed by atoms with Crippen molar-refractivity contribution in [1.82, 2.24) is 0 Å². The summed E-state index contributed by atoms with van der Waals surface area (Å²) >= 11 is 0. The molecule has 0 amide bonds. The Morgan fingerprint density at radius 1 is 1.22 bits per heavy atom. The number of hydrogen-bond donors (Lipinski definition) is 2. The second-order valence-corrected chi connectivity index (χ2v) is 3.47. The number of nitrogens with one attached hydrogen (secondary N) is 1. The molecule has 0 heterocycles. The van der Waals surface area contributed by atoms with E-state index in [-0.39, 0.29) is 5.69 Å². The predicted octanol–water partition coefficient (Wildman–Crippen LogP) is 2.64. The van der Waals surface area contributed by atoms with Gasteiger partial charge in [0.25, 0.3) is 0 Å². The third-order valence-corrected chi connectivity index (χ3v) is 2.07. The highest BCUT2D eigenvalue weighted by molar-refractivity contribution is 5.71. The van der Waals surface area contributed by atoms with Crippen molar-refractivity contribution in [3.05, 3.63) is 29.8 Å². The lowest BCUT2D eigenvalue weighted by atomic mass is 10.1. The van der Waals surface area contributed by atoms with E-state index < -0.39 is 36.2 Å². The van der Waals surface area contributed by atoms with E-state index in [9.17, 15) is 26.7 Å². The maximum absolute atomic E-state index is 12.7.